The highest BCUT2D eigenvalue weighted by Gasteiger charge is 2.37. The Morgan fingerprint density at radius 2 is 1.76 bits per heavy atom. The van der Waals surface area contributed by atoms with Gasteiger partial charge in [-0.15, -0.1) is 0 Å². The average molecular weight is 301 g/mol. The summed E-state index contributed by atoms with van der Waals surface area (Å²) in [5, 5.41) is 0. The summed E-state index contributed by atoms with van der Waals surface area (Å²) in [4.78, 5) is 0.379. The van der Waals surface area contributed by atoms with Crippen LogP contribution in [0.3, 0.4) is 0 Å². The van der Waals surface area contributed by atoms with E-state index in [2.05, 4.69) is 6.07 Å². The van der Waals surface area contributed by atoms with E-state index in [1.54, 1.807) is 28.6 Å². The number of rotatable bonds is 5. The molecule has 1 fully saturated rings. The van der Waals surface area contributed by atoms with Crippen LogP contribution in [0.1, 0.15) is 24.0 Å². The van der Waals surface area contributed by atoms with Crippen LogP contribution in [-0.2, 0) is 16.6 Å². The van der Waals surface area contributed by atoms with Gasteiger partial charge in [0.2, 0.25) is 10.0 Å². The lowest BCUT2D eigenvalue weighted by molar-refractivity contribution is 0.398. The van der Waals surface area contributed by atoms with Crippen molar-refractivity contribution >= 4 is 10.0 Å². The summed E-state index contributed by atoms with van der Waals surface area (Å²) >= 11 is 0. The summed E-state index contributed by atoms with van der Waals surface area (Å²) in [6.07, 6.45) is 1.91. The molecular weight excluding hydrogens is 282 g/mol. The van der Waals surface area contributed by atoms with Gasteiger partial charge in [0.05, 0.1) is 4.90 Å². The van der Waals surface area contributed by atoms with Crippen LogP contribution in [-0.4, -0.2) is 18.8 Å². The predicted molar refractivity (Wildman–Crippen MR) is 83.4 cm³/mol. The van der Waals surface area contributed by atoms with Crippen molar-refractivity contribution in [3.8, 4) is 0 Å². The van der Waals surface area contributed by atoms with Gasteiger partial charge in [0.15, 0.2) is 0 Å². The van der Waals surface area contributed by atoms with Crippen molar-refractivity contribution in [3.05, 3.63) is 65.7 Å². The van der Waals surface area contributed by atoms with Gasteiger partial charge in [-0.3, -0.25) is 0 Å². The molecule has 3 rings (SSSR count). The number of hydrogen-bond donors (Lipinski definition) is 0. The maximum absolute atomic E-state index is 12.8. The molecule has 0 aromatic heterocycles. The Labute approximate surface area is 126 Å². The van der Waals surface area contributed by atoms with Gasteiger partial charge in [-0.25, -0.2) is 8.42 Å². The van der Waals surface area contributed by atoms with Crippen LogP contribution in [0, 0.1) is 6.92 Å². The molecule has 0 aliphatic heterocycles. The third kappa shape index (κ3) is 3.17. The normalized spacial score (nSPS) is 15.3. The Hall–Kier alpha value is -1.65. The molecule has 2 aromatic rings. The third-order valence-corrected chi connectivity index (χ3v) is 5.64. The molecule has 0 spiro atoms. The Morgan fingerprint density at radius 3 is 2.38 bits per heavy atom. The van der Waals surface area contributed by atoms with Crippen LogP contribution < -0.4 is 0 Å². The van der Waals surface area contributed by atoms with Crippen LogP contribution in [0.5, 0.6) is 0 Å². The molecule has 4 heteroatoms. The lowest BCUT2D eigenvalue weighted by Gasteiger charge is -2.22. The molecule has 0 unspecified atom stereocenters. The lowest BCUT2D eigenvalue weighted by Crippen LogP contribution is -2.32. The molecule has 1 aliphatic carbocycles. The van der Waals surface area contributed by atoms with Crippen molar-refractivity contribution in [1.29, 1.82) is 0 Å². The van der Waals surface area contributed by atoms with E-state index in [-0.39, 0.29) is 6.04 Å². The zero-order valence-corrected chi connectivity index (χ0v) is 12.9. The van der Waals surface area contributed by atoms with Crippen LogP contribution in [0.2, 0.25) is 0 Å². The Morgan fingerprint density at radius 1 is 1.05 bits per heavy atom. The number of sulfonamides is 1. The molecule has 1 aliphatic rings. The van der Waals surface area contributed by atoms with Gasteiger partial charge in [-0.2, -0.15) is 4.31 Å². The number of benzene rings is 2. The molecule has 0 atom stereocenters. The van der Waals surface area contributed by atoms with Gasteiger partial charge in [-0.1, -0.05) is 48.0 Å². The third-order valence-electron chi connectivity index (χ3n) is 3.72. The van der Waals surface area contributed by atoms with Gasteiger partial charge in [-0.05, 0) is 37.5 Å². The topological polar surface area (TPSA) is 37.4 Å². The zero-order valence-electron chi connectivity index (χ0n) is 12.1. The number of nitrogens with zero attached hydrogens (tertiary/aromatic N) is 1. The lowest BCUT2D eigenvalue weighted by atomic mass is 10.1. The maximum Gasteiger partial charge on any atom is 0.243 e. The van der Waals surface area contributed by atoms with E-state index in [9.17, 15) is 8.42 Å². The van der Waals surface area contributed by atoms with Gasteiger partial charge >= 0.3 is 0 Å². The SMILES string of the molecule is Cc1cccc(CN(C2CC2)S(=O)(=O)c2ccccc2)c1. The molecule has 0 N–H and O–H groups in total. The van der Waals surface area contributed by atoms with Gasteiger partial charge in [0.25, 0.3) is 0 Å². The van der Waals surface area contributed by atoms with E-state index in [0.717, 1.165) is 24.0 Å². The van der Waals surface area contributed by atoms with E-state index in [1.165, 1.54) is 0 Å². The fourth-order valence-corrected chi connectivity index (χ4v) is 4.19. The van der Waals surface area contributed by atoms with E-state index in [4.69, 9.17) is 0 Å². The molecule has 110 valence electrons. The summed E-state index contributed by atoms with van der Waals surface area (Å²) in [6, 6.07) is 16.9. The Balaban J connectivity index is 1.92. The first-order chi connectivity index (χ1) is 10.1. The van der Waals surface area contributed by atoms with Crippen molar-refractivity contribution in [2.45, 2.75) is 37.2 Å². The molecule has 0 amide bonds. The number of hydrogen-bond acceptors (Lipinski definition) is 2. The minimum atomic E-state index is -3.42. The second-order valence-corrected chi connectivity index (χ2v) is 7.47. The highest BCUT2D eigenvalue weighted by Crippen LogP contribution is 2.33. The summed E-state index contributed by atoms with van der Waals surface area (Å²) in [5.41, 5.74) is 2.20. The summed E-state index contributed by atoms with van der Waals surface area (Å²) in [6.45, 7) is 2.47. The minimum absolute atomic E-state index is 0.149. The highest BCUT2D eigenvalue weighted by atomic mass is 32.2. The van der Waals surface area contributed by atoms with Crippen LogP contribution >= 0.6 is 0 Å². The fourth-order valence-electron chi connectivity index (χ4n) is 2.49. The van der Waals surface area contributed by atoms with Crippen LogP contribution in [0.25, 0.3) is 0 Å². The quantitative estimate of drug-likeness (QED) is 0.849. The smallest absolute Gasteiger partial charge is 0.207 e. The number of aryl methyl sites for hydroxylation is 1. The van der Waals surface area contributed by atoms with Gasteiger partial charge in [0.1, 0.15) is 0 Å². The van der Waals surface area contributed by atoms with E-state index >= 15 is 0 Å². The fraction of sp³-hybridized carbons (Fsp3) is 0.294. The second kappa shape index (κ2) is 5.62. The van der Waals surface area contributed by atoms with E-state index in [1.807, 2.05) is 31.2 Å². The highest BCUT2D eigenvalue weighted by molar-refractivity contribution is 7.89. The molecule has 0 saturated heterocycles. The molecule has 3 nitrogen and oxygen atoms in total. The monoisotopic (exact) mass is 301 g/mol. The van der Waals surface area contributed by atoms with Crippen molar-refractivity contribution in [2.75, 3.05) is 0 Å². The predicted octanol–water partition coefficient (Wildman–Crippen LogP) is 3.35. The van der Waals surface area contributed by atoms with E-state index < -0.39 is 10.0 Å². The zero-order chi connectivity index (χ0) is 14.9. The molecule has 1 saturated carbocycles. The first-order valence-electron chi connectivity index (χ1n) is 7.20. The first-order valence-corrected chi connectivity index (χ1v) is 8.64. The van der Waals surface area contributed by atoms with Crippen molar-refractivity contribution in [3.63, 3.8) is 0 Å². The Kier molecular flexibility index (Phi) is 3.83. The minimum Gasteiger partial charge on any atom is -0.207 e. The summed E-state index contributed by atoms with van der Waals surface area (Å²) in [7, 11) is -3.42. The van der Waals surface area contributed by atoms with Gasteiger partial charge in [0, 0.05) is 12.6 Å². The molecule has 0 bridgehead atoms. The van der Waals surface area contributed by atoms with Crippen LogP contribution in [0.15, 0.2) is 59.5 Å². The molecular formula is C17H19NO2S. The van der Waals surface area contributed by atoms with Crippen molar-refractivity contribution in [1.82, 2.24) is 4.31 Å². The molecule has 2 aromatic carbocycles. The van der Waals surface area contributed by atoms with E-state index in [0.29, 0.717) is 11.4 Å². The molecule has 0 radical (unpaired) electrons. The maximum atomic E-state index is 12.8. The second-order valence-electron chi connectivity index (χ2n) is 5.58. The van der Waals surface area contributed by atoms with Gasteiger partial charge < -0.3 is 0 Å². The summed E-state index contributed by atoms with van der Waals surface area (Å²) < 4.78 is 27.3. The summed E-state index contributed by atoms with van der Waals surface area (Å²) in [5.74, 6) is 0. The largest absolute Gasteiger partial charge is 0.243 e. The van der Waals surface area contributed by atoms with Crippen LogP contribution in [0.4, 0.5) is 0 Å². The first kappa shape index (κ1) is 14.3. The molecule has 21 heavy (non-hydrogen) atoms. The standard InChI is InChI=1S/C17H19NO2S/c1-14-6-5-7-15(12-14)13-18(16-10-11-16)21(19,20)17-8-3-2-4-9-17/h2-9,12,16H,10-11,13H2,1H3. The molecule has 0 heterocycles. The van der Waals surface area contributed by atoms with Crippen molar-refractivity contribution in [2.24, 2.45) is 0 Å². The average Bonchev–Trinajstić information content (AvgIpc) is 3.30. The Bertz CT molecular complexity index is 721. The van der Waals surface area contributed by atoms with Crippen molar-refractivity contribution < 1.29 is 8.42 Å².